The van der Waals surface area contributed by atoms with Gasteiger partial charge in [-0.1, -0.05) is 30.3 Å². The molecule has 0 aliphatic carbocycles. The topological polar surface area (TPSA) is 74.8 Å². The molecule has 0 fully saturated rings. The Labute approximate surface area is 119 Å². The molecular weight excluding hydrogens is 274 g/mol. The van der Waals surface area contributed by atoms with Gasteiger partial charge in [-0.2, -0.15) is 0 Å². The van der Waals surface area contributed by atoms with Crippen LogP contribution in [0, 0.1) is 0 Å². The quantitative estimate of drug-likeness (QED) is 0.723. The second kappa shape index (κ2) is 7.21. The average molecular weight is 293 g/mol. The molecule has 0 saturated carbocycles. The second-order valence-corrected chi connectivity index (χ2v) is 6.83. The van der Waals surface area contributed by atoms with Crippen molar-refractivity contribution in [3.05, 3.63) is 54.1 Å². The zero-order valence-electron chi connectivity index (χ0n) is 11.2. The van der Waals surface area contributed by atoms with E-state index in [0.29, 0.717) is 19.5 Å². The molecule has 0 amide bonds. The molecule has 2 rings (SSSR count). The van der Waals surface area contributed by atoms with Gasteiger partial charge in [0, 0.05) is 12.4 Å². The molecule has 2 N–H and O–H groups in total. The molecule has 0 bridgehead atoms. The van der Waals surface area contributed by atoms with Crippen molar-refractivity contribution in [2.24, 2.45) is 0 Å². The maximum absolute atomic E-state index is 11.9. The summed E-state index contributed by atoms with van der Waals surface area (Å²) in [6, 6.07) is 9.28. The van der Waals surface area contributed by atoms with Crippen LogP contribution in [0.4, 0.5) is 0 Å². The van der Waals surface area contributed by atoms with Gasteiger partial charge in [-0.15, -0.1) is 0 Å². The number of imidazole rings is 1. The maximum atomic E-state index is 11.9. The highest BCUT2D eigenvalue weighted by Gasteiger charge is 2.11. The van der Waals surface area contributed by atoms with Gasteiger partial charge in [-0.25, -0.2) is 13.4 Å². The van der Waals surface area contributed by atoms with Gasteiger partial charge < -0.3 is 10.3 Å². The highest BCUT2D eigenvalue weighted by atomic mass is 32.2. The lowest BCUT2D eigenvalue weighted by molar-refractivity contribution is 0.587. The Hall–Kier alpha value is -1.66. The molecular formula is C14H19N3O2S. The number of hydrogen-bond acceptors (Lipinski definition) is 4. The summed E-state index contributed by atoms with van der Waals surface area (Å²) in [5, 5.41) is 3.17. The van der Waals surface area contributed by atoms with Gasteiger partial charge in [0.25, 0.3) is 0 Å². The minimum Gasteiger partial charge on any atom is -0.348 e. The third-order valence-corrected chi connectivity index (χ3v) is 4.57. The van der Waals surface area contributed by atoms with Crippen molar-refractivity contribution in [2.75, 3.05) is 12.3 Å². The predicted molar refractivity (Wildman–Crippen MR) is 78.8 cm³/mol. The molecule has 6 heteroatoms. The van der Waals surface area contributed by atoms with Gasteiger partial charge in [0.2, 0.25) is 0 Å². The Kier molecular flexibility index (Phi) is 5.31. The lowest BCUT2D eigenvalue weighted by Gasteiger charge is -2.05. The van der Waals surface area contributed by atoms with Crippen molar-refractivity contribution in [1.82, 2.24) is 15.3 Å². The van der Waals surface area contributed by atoms with E-state index in [9.17, 15) is 8.42 Å². The molecule has 0 unspecified atom stereocenters. The second-order valence-electron chi connectivity index (χ2n) is 4.64. The number of H-pyrrole nitrogens is 1. The third-order valence-electron chi connectivity index (χ3n) is 2.89. The van der Waals surface area contributed by atoms with E-state index < -0.39 is 9.84 Å². The molecule has 5 nitrogen and oxygen atoms in total. The summed E-state index contributed by atoms with van der Waals surface area (Å²) in [5.41, 5.74) is 0.844. The molecule has 0 saturated heterocycles. The van der Waals surface area contributed by atoms with Crippen LogP contribution < -0.4 is 5.32 Å². The molecule has 108 valence electrons. The van der Waals surface area contributed by atoms with Gasteiger partial charge in [0.15, 0.2) is 9.84 Å². The lowest BCUT2D eigenvalue weighted by Crippen LogP contribution is -2.19. The molecule has 0 radical (unpaired) electrons. The van der Waals surface area contributed by atoms with Crippen LogP contribution in [0.2, 0.25) is 0 Å². The summed E-state index contributed by atoms with van der Waals surface area (Å²) >= 11 is 0. The first-order chi connectivity index (χ1) is 9.66. The molecule has 1 heterocycles. The normalized spacial score (nSPS) is 11.6. The van der Waals surface area contributed by atoms with Gasteiger partial charge in [-0.3, -0.25) is 0 Å². The molecule has 20 heavy (non-hydrogen) atoms. The minimum absolute atomic E-state index is 0.117. The smallest absolute Gasteiger partial charge is 0.154 e. The van der Waals surface area contributed by atoms with Crippen molar-refractivity contribution >= 4 is 9.84 Å². The van der Waals surface area contributed by atoms with Crippen LogP contribution in [-0.4, -0.2) is 30.7 Å². The van der Waals surface area contributed by atoms with E-state index in [0.717, 1.165) is 11.4 Å². The van der Waals surface area contributed by atoms with Crippen LogP contribution in [0.25, 0.3) is 0 Å². The minimum atomic E-state index is -3.03. The number of rotatable bonds is 8. The molecule has 1 aromatic carbocycles. The van der Waals surface area contributed by atoms with Crippen LogP contribution >= 0.6 is 0 Å². The first kappa shape index (κ1) is 14.7. The number of aromatic amines is 1. The summed E-state index contributed by atoms with van der Waals surface area (Å²) in [5.74, 6) is 1.18. The molecule has 0 atom stereocenters. The van der Waals surface area contributed by atoms with Gasteiger partial charge in [0.05, 0.1) is 18.1 Å². The Balaban J connectivity index is 1.67. The van der Waals surface area contributed by atoms with Crippen molar-refractivity contribution in [1.29, 1.82) is 0 Å². The van der Waals surface area contributed by atoms with Gasteiger partial charge >= 0.3 is 0 Å². The summed E-state index contributed by atoms with van der Waals surface area (Å²) in [6.45, 7) is 1.29. The molecule has 0 spiro atoms. The van der Waals surface area contributed by atoms with E-state index in [1.54, 1.807) is 12.4 Å². The van der Waals surface area contributed by atoms with Crippen molar-refractivity contribution < 1.29 is 8.42 Å². The number of nitrogens with one attached hydrogen (secondary N) is 2. The SMILES string of the molecule is O=S(=O)(CCCNCc1ncc[nH]1)Cc1ccccc1. The van der Waals surface area contributed by atoms with Gasteiger partial charge in [-0.05, 0) is 18.5 Å². The fourth-order valence-corrected chi connectivity index (χ4v) is 3.35. The number of hydrogen-bond donors (Lipinski definition) is 2. The van der Waals surface area contributed by atoms with Crippen LogP contribution in [0.15, 0.2) is 42.7 Å². The van der Waals surface area contributed by atoms with E-state index in [4.69, 9.17) is 0 Å². The number of sulfone groups is 1. The van der Waals surface area contributed by atoms with Gasteiger partial charge in [0.1, 0.15) is 5.82 Å². The van der Waals surface area contributed by atoms with Crippen LogP contribution in [-0.2, 0) is 22.1 Å². The Bertz CT molecular complexity index is 595. The first-order valence-electron chi connectivity index (χ1n) is 6.59. The number of aromatic nitrogens is 2. The summed E-state index contributed by atoms with van der Waals surface area (Å²) in [4.78, 5) is 7.07. The van der Waals surface area contributed by atoms with Crippen molar-refractivity contribution in [2.45, 2.75) is 18.7 Å². The van der Waals surface area contributed by atoms with Crippen LogP contribution in [0.5, 0.6) is 0 Å². The van der Waals surface area contributed by atoms with E-state index in [2.05, 4.69) is 15.3 Å². The Morgan fingerprint density at radius 1 is 1.20 bits per heavy atom. The van der Waals surface area contributed by atoms with Crippen LogP contribution in [0.3, 0.4) is 0 Å². The third kappa shape index (κ3) is 5.14. The zero-order valence-corrected chi connectivity index (χ0v) is 12.1. The summed E-state index contributed by atoms with van der Waals surface area (Å²) in [7, 11) is -3.03. The van der Waals surface area contributed by atoms with Crippen molar-refractivity contribution in [3.8, 4) is 0 Å². The maximum Gasteiger partial charge on any atom is 0.154 e. The van der Waals surface area contributed by atoms with E-state index in [1.165, 1.54) is 0 Å². The first-order valence-corrected chi connectivity index (χ1v) is 8.41. The highest BCUT2D eigenvalue weighted by Crippen LogP contribution is 2.06. The lowest BCUT2D eigenvalue weighted by atomic mass is 10.2. The van der Waals surface area contributed by atoms with E-state index in [1.807, 2.05) is 30.3 Å². The standard InChI is InChI=1S/C14H19N3O2S/c18-20(19,12-13-5-2-1-3-6-13)10-4-7-15-11-14-16-8-9-17-14/h1-3,5-6,8-9,15H,4,7,10-12H2,(H,16,17). The van der Waals surface area contributed by atoms with Crippen LogP contribution in [0.1, 0.15) is 17.8 Å². The van der Waals surface area contributed by atoms with E-state index >= 15 is 0 Å². The zero-order chi connectivity index (χ0) is 14.3. The predicted octanol–water partition coefficient (Wildman–Crippen LogP) is 1.50. The fraction of sp³-hybridized carbons (Fsp3) is 0.357. The molecule has 1 aromatic heterocycles. The average Bonchev–Trinajstić information content (AvgIpc) is 2.92. The number of benzene rings is 1. The summed E-state index contributed by atoms with van der Waals surface area (Å²) in [6.07, 6.45) is 4.07. The largest absolute Gasteiger partial charge is 0.348 e. The fourth-order valence-electron chi connectivity index (χ4n) is 1.92. The van der Waals surface area contributed by atoms with E-state index in [-0.39, 0.29) is 11.5 Å². The van der Waals surface area contributed by atoms with Crippen molar-refractivity contribution in [3.63, 3.8) is 0 Å². The molecule has 0 aliphatic heterocycles. The molecule has 0 aliphatic rings. The Morgan fingerprint density at radius 2 is 2.00 bits per heavy atom. The molecule has 2 aromatic rings. The monoisotopic (exact) mass is 293 g/mol. The Morgan fingerprint density at radius 3 is 2.70 bits per heavy atom. The number of nitrogens with zero attached hydrogens (tertiary/aromatic N) is 1. The summed E-state index contributed by atoms with van der Waals surface area (Å²) < 4.78 is 23.9. The highest BCUT2D eigenvalue weighted by molar-refractivity contribution is 7.90.